The van der Waals surface area contributed by atoms with Crippen LogP contribution >= 0.6 is 0 Å². The third-order valence-electron chi connectivity index (χ3n) is 4.79. The number of nitrogens with two attached hydrogens (primary N) is 1. The molecule has 0 heterocycles. The minimum atomic E-state index is 0.241. The van der Waals surface area contributed by atoms with Crippen molar-refractivity contribution in [3.8, 4) is 0 Å². The van der Waals surface area contributed by atoms with E-state index in [1.54, 1.807) is 0 Å². The van der Waals surface area contributed by atoms with E-state index in [0.717, 1.165) is 25.2 Å². The lowest BCUT2D eigenvalue weighted by Gasteiger charge is -2.30. The molecular weight excluding hydrogens is 248 g/mol. The monoisotopic (exact) mass is 282 g/mol. The standard InChI is InChI=1S/C17H34N2O/c1-4-5-6-14-7-9-15(10-8-14)17(20)19-16(11-12-18)13(2)3/h13-16H,4-12,18H2,1-3H3,(H,19,20). The maximum Gasteiger partial charge on any atom is 0.223 e. The summed E-state index contributed by atoms with van der Waals surface area (Å²) in [7, 11) is 0. The van der Waals surface area contributed by atoms with Crippen LogP contribution in [0, 0.1) is 17.8 Å². The molecule has 0 radical (unpaired) electrons. The molecule has 0 bridgehead atoms. The van der Waals surface area contributed by atoms with Crippen molar-refractivity contribution in [1.82, 2.24) is 5.32 Å². The summed E-state index contributed by atoms with van der Waals surface area (Å²) in [5.41, 5.74) is 5.63. The summed E-state index contributed by atoms with van der Waals surface area (Å²) in [6, 6.07) is 0.241. The van der Waals surface area contributed by atoms with Crippen LogP contribution in [-0.2, 0) is 4.79 Å². The molecule has 118 valence electrons. The third-order valence-corrected chi connectivity index (χ3v) is 4.79. The van der Waals surface area contributed by atoms with Gasteiger partial charge in [0.05, 0.1) is 0 Å². The second-order valence-corrected chi connectivity index (χ2v) is 6.80. The Morgan fingerprint density at radius 3 is 2.40 bits per heavy atom. The molecule has 0 saturated heterocycles. The number of carbonyl (C=O) groups excluding carboxylic acids is 1. The van der Waals surface area contributed by atoms with Crippen molar-refractivity contribution in [3.63, 3.8) is 0 Å². The summed E-state index contributed by atoms with van der Waals surface area (Å²) in [4.78, 5) is 12.4. The van der Waals surface area contributed by atoms with Crippen molar-refractivity contribution in [3.05, 3.63) is 0 Å². The second kappa shape index (κ2) is 9.38. The molecule has 20 heavy (non-hydrogen) atoms. The highest BCUT2D eigenvalue weighted by Gasteiger charge is 2.27. The zero-order valence-corrected chi connectivity index (χ0v) is 13.7. The van der Waals surface area contributed by atoms with Gasteiger partial charge in [-0.25, -0.2) is 0 Å². The fourth-order valence-electron chi connectivity index (χ4n) is 3.26. The van der Waals surface area contributed by atoms with Crippen LogP contribution in [0.5, 0.6) is 0 Å². The van der Waals surface area contributed by atoms with Crippen molar-refractivity contribution < 1.29 is 4.79 Å². The first-order chi connectivity index (χ1) is 9.58. The van der Waals surface area contributed by atoms with Crippen LogP contribution in [0.3, 0.4) is 0 Å². The molecule has 1 unspecified atom stereocenters. The van der Waals surface area contributed by atoms with Gasteiger partial charge in [-0.1, -0.05) is 40.0 Å². The Morgan fingerprint density at radius 1 is 1.25 bits per heavy atom. The minimum absolute atomic E-state index is 0.241. The molecule has 3 nitrogen and oxygen atoms in total. The number of nitrogens with one attached hydrogen (secondary N) is 1. The molecular formula is C17H34N2O. The Hall–Kier alpha value is -0.570. The molecule has 1 aliphatic rings. The summed E-state index contributed by atoms with van der Waals surface area (Å²) in [6.07, 6.45) is 9.49. The molecule has 1 amide bonds. The van der Waals surface area contributed by atoms with Crippen molar-refractivity contribution >= 4 is 5.91 Å². The maximum atomic E-state index is 12.4. The minimum Gasteiger partial charge on any atom is -0.353 e. The fraction of sp³-hybridized carbons (Fsp3) is 0.941. The van der Waals surface area contributed by atoms with Crippen LogP contribution in [0.25, 0.3) is 0 Å². The topological polar surface area (TPSA) is 55.1 Å². The molecule has 0 spiro atoms. The largest absolute Gasteiger partial charge is 0.353 e. The lowest BCUT2D eigenvalue weighted by atomic mass is 9.79. The third kappa shape index (κ3) is 5.82. The van der Waals surface area contributed by atoms with Gasteiger partial charge in [0.15, 0.2) is 0 Å². The van der Waals surface area contributed by atoms with Crippen LogP contribution in [0.4, 0.5) is 0 Å². The Kier molecular flexibility index (Phi) is 8.20. The van der Waals surface area contributed by atoms with Crippen LogP contribution in [0.2, 0.25) is 0 Å². The normalized spacial score (nSPS) is 24.6. The predicted molar refractivity (Wildman–Crippen MR) is 85.4 cm³/mol. The van der Waals surface area contributed by atoms with E-state index < -0.39 is 0 Å². The molecule has 0 aliphatic heterocycles. The van der Waals surface area contributed by atoms with Crippen LogP contribution in [-0.4, -0.2) is 18.5 Å². The average molecular weight is 282 g/mol. The average Bonchev–Trinajstić information content (AvgIpc) is 2.45. The van der Waals surface area contributed by atoms with Crippen molar-refractivity contribution in [2.45, 2.75) is 78.2 Å². The highest BCUT2D eigenvalue weighted by Crippen LogP contribution is 2.32. The summed E-state index contributed by atoms with van der Waals surface area (Å²) in [6.45, 7) is 7.21. The van der Waals surface area contributed by atoms with Gasteiger partial charge in [-0.3, -0.25) is 4.79 Å². The lowest BCUT2D eigenvalue weighted by Crippen LogP contribution is -2.43. The van der Waals surface area contributed by atoms with Crippen LogP contribution < -0.4 is 11.1 Å². The number of hydrogen-bond donors (Lipinski definition) is 2. The predicted octanol–water partition coefficient (Wildman–Crippen LogP) is 3.47. The van der Waals surface area contributed by atoms with Gasteiger partial charge in [-0.05, 0) is 50.5 Å². The van der Waals surface area contributed by atoms with Gasteiger partial charge in [0.2, 0.25) is 5.91 Å². The van der Waals surface area contributed by atoms with Crippen LogP contribution in [0.1, 0.15) is 72.1 Å². The van der Waals surface area contributed by atoms with Crippen molar-refractivity contribution in [2.24, 2.45) is 23.5 Å². The van der Waals surface area contributed by atoms with Gasteiger partial charge in [0, 0.05) is 12.0 Å². The number of amides is 1. The van der Waals surface area contributed by atoms with Gasteiger partial charge in [0.1, 0.15) is 0 Å². The van der Waals surface area contributed by atoms with E-state index >= 15 is 0 Å². The van der Waals surface area contributed by atoms with E-state index in [2.05, 4.69) is 26.1 Å². The van der Waals surface area contributed by atoms with E-state index in [9.17, 15) is 4.79 Å². The number of hydrogen-bond acceptors (Lipinski definition) is 2. The summed E-state index contributed by atoms with van der Waals surface area (Å²) >= 11 is 0. The van der Waals surface area contributed by atoms with Gasteiger partial charge < -0.3 is 11.1 Å². The molecule has 3 heteroatoms. The van der Waals surface area contributed by atoms with Crippen LogP contribution in [0.15, 0.2) is 0 Å². The molecule has 0 aromatic carbocycles. The number of unbranched alkanes of at least 4 members (excludes halogenated alkanes) is 1. The van der Waals surface area contributed by atoms with Crippen molar-refractivity contribution in [2.75, 3.05) is 6.54 Å². The molecule has 1 atom stereocenters. The summed E-state index contributed by atoms with van der Waals surface area (Å²) in [5.74, 6) is 1.84. The lowest BCUT2D eigenvalue weighted by molar-refractivity contribution is -0.127. The summed E-state index contributed by atoms with van der Waals surface area (Å²) in [5, 5.41) is 3.23. The quantitative estimate of drug-likeness (QED) is 0.716. The summed E-state index contributed by atoms with van der Waals surface area (Å²) < 4.78 is 0. The highest BCUT2D eigenvalue weighted by atomic mass is 16.1. The molecule has 1 rings (SSSR count). The van der Waals surface area contributed by atoms with Gasteiger partial charge in [-0.2, -0.15) is 0 Å². The fourth-order valence-corrected chi connectivity index (χ4v) is 3.26. The van der Waals surface area contributed by atoms with Crippen molar-refractivity contribution in [1.29, 1.82) is 0 Å². The first-order valence-electron chi connectivity index (χ1n) is 8.58. The van der Waals surface area contributed by atoms with E-state index in [4.69, 9.17) is 5.73 Å². The zero-order valence-electron chi connectivity index (χ0n) is 13.7. The SMILES string of the molecule is CCCCC1CCC(C(=O)NC(CCN)C(C)C)CC1. The first-order valence-corrected chi connectivity index (χ1v) is 8.58. The highest BCUT2D eigenvalue weighted by molar-refractivity contribution is 5.79. The van der Waals surface area contributed by atoms with E-state index in [-0.39, 0.29) is 17.9 Å². The van der Waals surface area contributed by atoms with E-state index in [0.29, 0.717) is 12.5 Å². The van der Waals surface area contributed by atoms with Gasteiger partial charge >= 0.3 is 0 Å². The Bertz CT molecular complexity index is 270. The molecule has 1 fully saturated rings. The van der Waals surface area contributed by atoms with Gasteiger partial charge in [0.25, 0.3) is 0 Å². The molecule has 1 saturated carbocycles. The molecule has 0 aromatic rings. The molecule has 1 aliphatic carbocycles. The number of rotatable bonds is 8. The Morgan fingerprint density at radius 2 is 1.90 bits per heavy atom. The Labute approximate surface area is 125 Å². The first kappa shape index (κ1) is 17.5. The molecule has 3 N–H and O–H groups in total. The molecule has 0 aromatic heterocycles. The zero-order chi connectivity index (χ0) is 15.0. The second-order valence-electron chi connectivity index (χ2n) is 6.80. The maximum absolute atomic E-state index is 12.4. The van der Waals surface area contributed by atoms with Gasteiger partial charge in [-0.15, -0.1) is 0 Å². The Balaban J connectivity index is 2.34. The smallest absolute Gasteiger partial charge is 0.223 e. The van der Waals surface area contributed by atoms with E-state index in [1.165, 1.54) is 32.1 Å². The number of carbonyl (C=O) groups is 1. The van der Waals surface area contributed by atoms with E-state index in [1.807, 2.05) is 0 Å².